The second-order valence-corrected chi connectivity index (χ2v) is 5.14. The molecule has 0 amide bonds. The monoisotopic (exact) mass is 265 g/mol. The highest BCUT2D eigenvalue weighted by Crippen LogP contribution is 2.32. The fraction of sp³-hybridized carbons (Fsp3) is 0.308. The summed E-state index contributed by atoms with van der Waals surface area (Å²) in [6.07, 6.45) is 0. The Morgan fingerprint density at radius 1 is 1.44 bits per heavy atom. The molecular weight excluding hydrogens is 249 g/mol. The van der Waals surface area contributed by atoms with Gasteiger partial charge < -0.3 is 5.32 Å². The van der Waals surface area contributed by atoms with Crippen molar-refractivity contribution >= 4 is 11.8 Å². The standard InChI is InChI=1S/C13H16FN3S/c1-9-7-12(17(3)16-9)18-13-10(8-15-2)5-4-6-11(13)14/h4-7,15H,8H2,1-3H3. The van der Waals surface area contributed by atoms with Gasteiger partial charge in [0.1, 0.15) is 5.82 Å². The van der Waals surface area contributed by atoms with E-state index >= 15 is 0 Å². The summed E-state index contributed by atoms with van der Waals surface area (Å²) < 4.78 is 15.7. The van der Waals surface area contributed by atoms with Crippen LogP contribution in [0, 0.1) is 12.7 Å². The first-order valence-electron chi connectivity index (χ1n) is 5.72. The third kappa shape index (κ3) is 2.73. The number of halogens is 1. The fourth-order valence-corrected chi connectivity index (χ4v) is 2.83. The number of benzene rings is 1. The lowest BCUT2D eigenvalue weighted by Gasteiger charge is -2.09. The van der Waals surface area contributed by atoms with Crippen molar-refractivity contribution in [3.63, 3.8) is 0 Å². The van der Waals surface area contributed by atoms with Crippen molar-refractivity contribution in [3.8, 4) is 0 Å². The van der Waals surface area contributed by atoms with Gasteiger partial charge in [-0.05, 0) is 31.7 Å². The summed E-state index contributed by atoms with van der Waals surface area (Å²) in [6.45, 7) is 2.58. The first-order chi connectivity index (χ1) is 8.61. The molecule has 1 heterocycles. The first-order valence-corrected chi connectivity index (χ1v) is 6.54. The molecule has 0 saturated carbocycles. The quantitative estimate of drug-likeness (QED) is 0.922. The Morgan fingerprint density at radius 3 is 2.83 bits per heavy atom. The molecule has 0 aliphatic carbocycles. The molecule has 5 heteroatoms. The van der Waals surface area contributed by atoms with Crippen LogP contribution < -0.4 is 5.32 Å². The van der Waals surface area contributed by atoms with Crippen LogP contribution in [0.4, 0.5) is 4.39 Å². The second kappa shape index (κ2) is 5.54. The molecule has 96 valence electrons. The van der Waals surface area contributed by atoms with E-state index in [0.717, 1.165) is 16.3 Å². The SMILES string of the molecule is CNCc1cccc(F)c1Sc1cc(C)nn1C. The predicted octanol–water partition coefficient (Wildman–Crippen LogP) is 2.74. The summed E-state index contributed by atoms with van der Waals surface area (Å²) in [4.78, 5) is 0.662. The van der Waals surface area contributed by atoms with E-state index in [1.165, 1.54) is 17.8 Å². The molecule has 0 aliphatic heterocycles. The van der Waals surface area contributed by atoms with E-state index in [1.54, 1.807) is 10.7 Å². The molecule has 1 aromatic heterocycles. The summed E-state index contributed by atoms with van der Waals surface area (Å²) in [5.41, 5.74) is 1.90. The van der Waals surface area contributed by atoms with Gasteiger partial charge >= 0.3 is 0 Å². The van der Waals surface area contributed by atoms with Gasteiger partial charge in [0.25, 0.3) is 0 Å². The maximum atomic E-state index is 13.9. The molecule has 2 rings (SSSR count). The van der Waals surface area contributed by atoms with Gasteiger partial charge in [0, 0.05) is 13.6 Å². The van der Waals surface area contributed by atoms with Crippen LogP contribution in [0.25, 0.3) is 0 Å². The zero-order chi connectivity index (χ0) is 13.1. The van der Waals surface area contributed by atoms with Crippen LogP contribution in [-0.2, 0) is 13.6 Å². The predicted molar refractivity (Wildman–Crippen MR) is 71.2 cm³/mol. The minimum absolute atomic E-state index is 0.188. The van der Waals surface area contributed by atoms with Crippen molar-refractivity contribution in [1.29, 1.82) is 0 Å². The topological polar surface area (TPSA) is 29.9 Å². The molecule has 1 N–H and O–H groups in total. The molecule has 0 fully saturated rings. The smallest absolute Gasteiger partial charge is 0.137 e. The van der Waals surface area contributed by atoms with Crippen LogP contribution in [0.3, 0.4) is 0 Å². The summed E-state index contributed by atoms with van der Waals surface area (Å²) in [5.74, 6) is -0.188. The average molecular weight is 265 g/mol. The Balaban J connectivity index is 2.36. The van der Waals surface area contributed by atoms with Crippen molar-refractivity contribution in [3.05, 3.63) is 41.3 Å². The van der Waals surface area contributed by atoms with E-state index in [2.05, 4.69) is 10.4 Å². The van der Waals surface area contributed by atoms with Gasteiger partial charge in [0.05, 0.1) is 15.6 Å². The highest BCUT2D eigenvalue weighted by atomic mass is 32.2. The fourth-order valence-electron chi connectivity index (χ4n) is 1.78. The molecular formula is C13H16FN3S. The van der Waals surface area contributed by atoms with E-state index < -0.39 is 0 Å². The van der Waals surface area contributed by atoms with Gasteiger partial charge in [-0.3, -0.25) is 4.68 Å². The van der Waals surface area contributed by atoms with E-state index in [9.17, 15) is 4.39 Å². The third-order valence-corrected chi connectivity index (χ3v) is 3.83. The third-order valence-electron chi connectivity index (χ3n) is 2.58. The van der Waals surface area contributed by atoms with E-state index in [0.29, 0.717) is 11.4 Å². The van der Waals surface area contributed by atoms with Crippen LogP contribution in [-0.4, -0.2) is 16.8 Å². The van der Waals surface area contributed by atoms with Crippen molar-refractivity contribution in [2.45, 2.75) is 23.4 Å². The van der Waals surface area contributed by atoms with Crippen LogP contribution >= 0.6 is 11.8 Å². The number of nitrogens with zero attached hydrogens (tertiary/aromatic N) is 2. The Kier molecular flexibility index (Phi) is 4.04. The molecule has 0 radical (unpaired) electrons. The zero-order valence-corrected chi connectivity index (χ0v) is 11.5. The highest BCUT2D eigenvalue weighted by Gasteiger charge is 2.12. The largest absolute Gasteiger partial charge is 0.316 e. The second-order valence-electron chi connectivity index (χ2n) is 4.11. The van der Waals surface area contributed by atoms with Gasteiger partial charge in [-0.25, -0.2) is 4.39 Å². The molecule has 3 nitrogen and oxygen atoms in total. The lowest BCUT2D eigenvalue weighted by Crippen LogP contribution is -2.07. The van der Waals surface area contributed by atoms with Gasteiger partial charge in [-0.2, -0.15) is 5.10 Å². The summed E-state index contributed by atoms with van der Waals surface area (Å²) in [7, 11) is 3.72. The lowest BCUT2D eigenvalue weighted by molar-refractivity contribution is 0.593. The molecule has 1 aromatic carbocycles. The highest BCUT2D eigenvalue weighted by molar-refractivity contribution is 7.99. The van der Waals surface area contributed by atoms with Crippen molar-refractivity contribution in [1.82, 2.24) is 15.1 Å². The number of nitrogens with one attached hydrogen (secondary N) is 1. The molecule has 0 unspecified atom stereocenters. The maximum Gasteiger partial charge on any atom is 0.137 e. The number of aromatic nitrogens is 2. The first kappa shape index (κ1) is 13.1. The molecule has 2 aromatic rings. The van der Waals surface area contributed by atoms with Crippen LogP contribution in [0.1, 0.15) is 11.3 Å². The average Bonchev–Trinajstić information content (AvgIpc) is 2.62. The van der Waals surface area contributed by atoms with Gasteiger partial charge in [0.2, 0.25) is 0 Å². The molecule has 0 aliphatic rings. The minimum atomic E-state index is -0.188. The lowest BCUT2D eigenvalue weighted by atomic mass is 10.2. The normalized spacial score (nSPS) is 10.9. The Bertz CT molecular complexity index is 551. The Hall–Kier alpha value is -1.33. The van der Waals surface area contributed by atoms with E-state index in [4.69, 9.17) is 0 Å². The Labute approximate surface area is 110 Å². The minimum Gasteiger partial charge on any atom is -0.316 e. The van der Waals surface area contributed by atoms with Crippen LogP contribution in [0.15, 0.2) is 34.2 Å². The maximum absolute atomic E-state index is 13.9. The van der Waals surface area contributed by atoms with Gasteiger partial charge in [0.15, 0.2) is 0 Å². The summed E-state index contributed by atoms with van der Waals surface area (Å²) >= 11 is 1.41. The van der Waals surface area contributed by atoms with Gasteiger partial charge in [-0.1, -0.05) is 23.9 Å². The number of aryl methyl sites for hydroxylation is 2. The molecule has 0 atom stereocenters. The van der Waals surface area contributed by atoms with E-state index in [1.807, 2.05) is 33.2 Å². The summed E-state index contributed by atoms with van der Waals surface area (Å²) in [6, 6.07) is 7.12. The molecule has 0 bridgehead atoms. The number of rotatable bonds is 4. The van der Waals surface area contributed by atoms with Crippen molar-refractivity contribution < 1.29 is 4.39 Å². The van der Waals surface area contributed by atoms with E-state index in [-0.39, 0.29) is 5.82 Å². The Morgan fingerprint density at radius 2 is 2.22 bits per heavy atom. The summed E-state index contributed by atoms with van der Waals surface area (Å²) in [5, 5.41) is 8.26. The molecule has 0 saturated heterocycles. The van der Waals surface area contributed by atoms with Crippen molar-refractivity contribution in [2.24, 2.45) is 7.05 Å². The number of hydrogen-bond acceptors (Lipinski definition) is 3. The zero-order valence-electron chi connectivity index (χ0n) is 10.7. The molecule has 0 spiro atoms. The van der Waals surface area contributed by atoms with Crippen LogP contribution in [0.5, 0.6) is 0 Å². The van der Waals surface area contributed by atoms with Crippen LogP contribution in [0.2, 0.25) is 0 Å². The van der Waals surface area contributed by atoms with Gasteiger partial charge in [-0.15, -0.1) is 0 Å². The number of hydrogen-bond donors (Lipinski definition) is 1. The molecule has 18 heavy (non-hydrogen) atoms. The van der Waals surface area contributed by atoms with Crippen molar-refractivity contribution in [2.75, 3.05) is 7.05 Å².